The third-order valence-electron chi connectivity index (χ3n) is 1.20. The first-order chi connectivity index (χ1) is 5.70. The van der Waals surface area contributed by atoms with E-state index in [-0.39, 0.29) is 0 Å². The first-order valence-corrected chi connectivity index (χ1v) is 3.63. The Morgan fingerprint density at radius 3 is 2.42 bits per heavy atom. The van der Waals surface area contributed by atoms with Gasteiger partial charge in [-0.05, 0) is 18.6 Å². The average molecular weight is 163 g/mol. The molecule has 64 valence electrons. The molecule has 0 heterocycles. The Kier molecular flexibility index (Phi) is 5.35. The lowest BCUT2D eigenvalue weighted by molar-refractivity contribution is -0.113. The van der Waals surface area contributed by atoms with Crippen molar-refractivity contribution in [1.29, 1.82) is 0 Å². The average Bonchev–Trinajstić information content (AvgIpc) is 2.05. The van der Waals surface area contributed by atoms with E-state index in [1.54, 1.807) is 18.2 Å². The minimum absolute atomic E-state index is 0.443. The van der Waals surface area contributed by atoms with Crippen LogP contribution in [0.15, 0.2) is 48.6 Å². The number of allylic oxidation sites excluding steroid dienone is 6. The van der Waals surface area contributed by atoms with Gasteiger partial charge in [0.2, 0.25) is 5.91 Å². The molecule has 0 atom stereocenters. The summed E-state index contributed by atoms with van der Waals surface area (Å²) in [5, 5.41) is 0. The van der Waals surface area contributed by atoms with Crippen molar-refractivity contribution in [3.63, 3.8) is 0 Å². The van der Waals surface area contributed by atoms with Gasteiger partial charge in [-0.25, -0.2) is 0 Å². The lowest BCUT2D eigenvalue weighted by atomic mass is 10.2. The molecule has 0 bridgehead atoms. The summed E-state index contributed by atoms with van der Waals surface area (Å²) in [5.41, 5.74) is 5.85. The Balaban J connectivity index is 4.29. The van der Waals surface area contributed by atoms with Gasteiger partial charge in [0.1, 0.15) is 0 Å². The topological polar surface area (TPSA) is 43.1 Å². The predicted molar refractivity (Wildman–Crippen MR) is 51.4 cm³/mol. The molecule has 12 heavy (non-hydrogen) atoms. The summed E-state index contributed by atoms with van der Waals surface area (Å²) in [6.07, 6.45) is 10.2. The Bertz CT molecular complexity index is 247. The molecule has 2 nitrogen and oxygen atoms in total. The van der Waals surface area contributed by atoms with Gasteiger partial charge in [0, 0.05) is 6.08 Å². The van der Waals surface area contributed by atoms with Crippen LogP contribution in [-0.2, 0) is 4.79 Å². The fourth-order valence-corrected chi connectivity index (χ4v) is 0.606. The van der Waals surface area contributed by atoms with Crippen LogP contribution in [0, 0.1) is 0 Å². The minimum atomic E-state index is -0.443. The van der Waals surface area contributed by atoms with Crippen LogP contribution in [0.2, 0.25) is 0 Å². The maximum Gasteiger partial charge on any atom is 0.241 e. The standard InChI is InChI=1S/C10H13NO/c1-3-5-6-9(4-2)7-8-10(11)12/h3-8H,1H2,2H3,(H2,11,12)/b6-5-,8-7+,9-4+. The molecule has 0 aliphatic rings. The van der Waals surface area contributed by atoms with Gasteiger partial charge in [-0.1, -0.05) is 30.9 Å². The number of hydrogen-bond donors (Lipinski definition) is 1. The Hall–Kier alpha value is -1.57. The molecule has 0 aromatic heterocycles. The Labute approximate surface area is 72.8 Å². The fraction of sp³-hybridized carbons (Fsp3) is 0.100. The molecule has 0 aromatic carbocycles. The highest BCUT2D eigenvalue weighted by molar-refractivity contribution is 5.86. The van der Waals surface area contributed by atoms with E-state index in [1.165, 1.54) is 6.08 Å². The molecule has 0 aromatic rings. The van der Waals surface area contributed by atoms with Crippen molar-refractivity contribution in [3.8, 4) is 0 Å². The van der Waals surface area contributed by atoms with E-state index < -0.39 is 5.91 Å². The summed E-state index contributed by atoms with van der Waals surface area (Å²) in [6.45, 7) is 5.42. The summed E-state index contributed by atoms with van der Waals surface area (Å²) in [4.78, 5) is 10.4. The third kappa shape index (κ3) is 5.23. The van der Waals surface area contributed by atoms with Gasteiger partial charge in [-0.3, -0.25) is 4.79 Å². The zero-order valence-electron chi connectivity index (χ0n) is 7.16. The molecule has 2 N–H and O–H groups in total. The van der Waals surface area contributed by atoms with E-state index >= 15 is 0 Å². The minimum Gasteiger partial charge on any atom is -0.366 e. The molecule has 0 fully saturated rings. The van der Waals surface area contributed by atoms with E-state index in [0.29, 0.717) is 0 Å². The molecule has 0 spiro atoms. The van der Waals surface area contributed by atoms with Gasteiger partial charge in [0.15, 0.2) is 0 Å². The third-order valence-corrected chi connectivity index (χ3v) is 1.20. The molecule has 0 saturated heterocycles. The van der Waals surface area contributed by atoms with Gasteiger partial charge in [0.25, 0.3) is 0 Å². The van der Waals surface area contributed by atoms with Crippen LogP contribution in [0.4, 0.5) is 0 Å². The van der Waals surface area contributed by atoms with Crippen LogP contribution in [0.5, 0.6) is 0 Å². The predicted octanol–water partition coefficient (Wildman–Crippen LogP) is 1.72. The van der Waals surface area contributed by atoms with E-state index in [2.05, 4.69) is 6.58 Å². The molecular formula is C10H13NO. The highest BCUT2D eigenvalue weighted by atomic mass is 16.1. The van der Waals surface area contributed by atoms with Gasteiger partial charge in [-0.15, -0.1) is 0 Å². The van der Waals surface area contributed by atoms with Crippen LogP contribution >= 0.6 is 0 Å². The zero-order chi connectivity index (χ0) is 9.40. The zero-order valence-corrected chi connectivity index (χ0v) is 7.16. The van der Waals surface area contributed by atoms with E-state index in [9.17, 15) is 4.79 Å². The molecule has 1 amide bonds. The molecule has 2 heteroatoms. The van der Waals surface area contributed by atoms with E-state index in [1.807, 2.05) is 19.1 Å². The van der Waals surface area contributed by atoms with Crippen molar-refractivity contribution in [2.24, 2.45) is 5.73 Å². The van der Waals surface area contributed by atoms with Crippen molar-refractivity contribution < 1.29 is 4.79 Å². The monoisotopic (exact) mass is 163 g/mol. The summed E-state index contributed by atoms with van der Waals surface area (Å²) >= 11 is 0. The number of nitrogens with two attached hydrogens (primary N) is 1. The molecule has 0 rings (SSSR count). The van der Waals surface area contributed by atoms with Crippen molar-refractivity contribution in [2.75, 3.05) is 0 Å². The highest BCUT2D eigenvalue weighted by Gasteiger charge is 1.84. The molecule has 0 radical (unpaired) electrons. The van der Waals surface area contributed by atoms with E-state index in [0.717, 1.165) is 5.57 Å². The summed E-state index contributed by atoms with van der Waals surface area (Å²) < 4.78 is 0. The number of primary amides is 1. The molecule has 0 saturated carbocycles. The van der Waals surface area contributed by atoms with Crippen LogP contribution < -0.4 is 5.73 Å². The van der Waals surface area contributed by atoms with Gasteiger partial charge in [0.05, 0.1) is 0 Å². The van der Waals surface area contributed by atoms with Crippen LogP contribution in [0.25, 0.3) is 0 Å². The Morgan fingerprint density at radius 1 is 1.33 bits per heavy atom. The number of carbonyl (C=O) groups excluding carboxylic acids is 1. The second-order valence-corrected chi connectivity index (χ2v) is 2.12. The summed E-state index contributed by atoms with van der Waals surface area (Å²) in [7, 11) is 0. The van der Waals surface area contributed by atoms with Crippen LogP contribution in [0.3, 0.4) is 0 Å². The van der Waals surface area contributed by atoms with Crippen molar-refractivity contribution in [1.82, 2.24) is 0 Å². The fourth-order valence-electron chi connectivity index (χ4n) is 0.606. The maximum atomic E-state index is 10.4. The van der Waals surface area contributed by atoms with Crippen molar-refractivity contribution >= 4 is 5.91 Å². The van der Waals surface area contributed by atoms with E-state index in [4.69, 9.17) is 5.73 Å². The lowest BCUT2D eigenvalue weighted by Gasteiger charge is -1.88. The molecular weight excluding hydrogens is 150 g/mol. The normalized spacial score (nSPS) is 12.6. The second kappa shape index (κ2) is 6.16. The largest absolute Gasteiger partial charge is 0.366 e. The summed E-state index contributed by atoms with van der Waals surface area (Å²) in [6, 6.07) is 0. The van der Waals surface area contributed by atoms with Gasteiger partial charge >= 0.3 is 0 Å². The molecule has 0 unspecified atom stereocenters. The number of hydrogen-bond acceptors (Lipinski definition) is 1. The van der Waals surface area contributed by atoms with Crippen LogP contribution in [0.1, 0.15) is 6.92 Å². The molecule has 0 aliphatic carbocycles. The second-order valence-electron chi connectivity index (χ2n) is 2.12. The van der Waals surface area contributed by atoms with Crippen molar-refractivity contribution in [3.05, 3.63) is 48.6 Å². The van der Waals surface area contributed by atoms with Crippen LogP contribution in [-0.4, -0.2) is 5.91 Å². The number of carbonyl (C=O) groups is 1. The lowest BCUT2D eigenvalue weighted by Crippen LogP contribution is -2.05. The maximum absolute atomic E-state index is 10.4. The molecule has 0 aliphatic heterocycles. The highest BCUT2D eigenvalue weighted by Crippen LogP contribution is 1.98. The SMILES string of the molecule is C=C\C=C/C(/C=C/C(N)=O)=C\C. The van der Waals surface area contributed by atoms with Gasteiger partial charge in [-0.2, -0.15) is 0 Å². The van der Waals surface area contributed by atoms with Crippen molar-refractivity contribution in [2.45, 2.75) is 6.92 Å². The first kappa shape index (κ1) is 10.4. The number of amides is 1. The quantitative estimate of drug-likeness (QED) is 0.497. The van der Waals surface area contributed by atoms with Gasteiger partial charge < -0.3 is 5.73 Å². The first-order valence-electron chi connectivity index (χ1n) is 3.63. The smallest absolute Gasteiger partial charge is 0.241 e. The number of rotatable bonds is 4. The summed E-state index contributed by atoms with van der Waals surface area (Å²) in [5.74, 6) is -0.443. The Morgan fingerprint density at radius 2 is 2.00 bits per heavy atom.